The van der Waals surface area contributed by atoms with Gasteiger partial charge in [-0.1, -0.05) is 92.6 Å². The van der Waals surface area contributed by atoms with Gasteiger partial charge in [-0.2, -0.15) is 0 Å². The van der Waals surface area contributed by atoms with Crippen molar-refractivity contribution in [1.82, 2.24) is 42.5 Å². The van der Waals surface area contributed by atoms with Gasteiger partial charge in [0, 0.05) is 54.2 Å². The largest absolute Gasteiger partial charge is 0.508 e. The number of unbranched alkanes of at least 4 members (excludes halogenated alkanes) is 5. The fourth-order valence-electron chi connectivity index (χ4n) is 16.4. The third-order valence-corrected chi connectivity index (χ3v) is 23.8. The van der Waals surface area contributed by atoms with Gasteiger partial charge in [0.1, 0.15) is 156 Å². The topological polar surface area (TPSA) is 662 Å². The Morgan fingerprint density at radius 2 is 1.08 bits per heavy atom. The number of ether oxygens (including phenoxy) is 9. The van der Waals surface area contributed by atoms with Gasteiger partial charge in [-0.3, -0.25) is 38.4 Å². The number of hydrogen-bond donors (Lipinski definition) is 24. The van der Waals surface area contributed by atoms with Crippen molar-refractivity contribution in [2.45, 2.75) is 206 Å². The molecule has 0 radical (unpaired) electrons. The van der Waals surface area contributed by atoms with Crippen molar-refractivity contribution in [3.63, 3.8) is 0 Å². The number of aliphatic hydroxyl groups is 10. The molecule has 9 heterocycles. The summed E-state index contributed by atoms with van der Waals surface area (Å²) in [5, 5.41) is 190. The van der Waals surface area contributed by atoms with Crippen LogP contribution in [0.1, 0.15) is 134 Å². The highest BCUT2D eigenvalue weighted by Crippen LogP contribution is 2.51. The molecule has 7 aromatic carbocycles. The molecule has 0 saturated carbocycles. The van der Waals surface area contributed by atoms with E-state index in [4.69, 9.17) is 71.6 Å². The lowest BCUT2D eigenvalue weighted by Gasteiger charge is -2.44. The van der Waals surface area contributed by atoms with Gasteiger partial charge >= 0.3 is 5.97 Å². The maximum absolute atomic E-state index is 17.0. The van der Waals surface area contributed by atoms with Crippen molar-refractivity contribution in [2.75, 3.05) is 19.8 Å². The molecule has 8 amide bonds. The van der Waals surface area contributed by atoms with Crippen molar-refractivity contribution in [3.8, 4) is 80.1 Å². The van der Waals surface area contributed by atoms with E-state index in [0.29, 0.717) is 12.8 Å². The van der Waals surface area contributed by atoms with Gasteiger partial charge in [0.25, 0.3) is 0 Å². The third-order valence-electron chi connectivity index (χ3n) is 23.2. The van der Waals surface area contributed by atoms with E-state index in [9.17, 15) is 95.8 Å². The number of carboxylic acids is 1. The van der Waals surface area contributed by atoms with Crippen molar-refractivity contribution < 1.29 is 162 Å². The van der Waals surface area contributed by atoms with Gasteiger partial charge in [0.05, 0.1) is 29.9 Å². The first-order valence-corrected chi connectivity index (χ1v) is 42.4. The lowest BCUT2D eigenvalue weighted by molar-refractivity contribution is -0.284. The normalized spacial score (nSPS) is 29.0. The van der Waals surface area contributed by atoms with E-state index in [-0.39, 0.29) is 28.3 Å². The Kier molecular flexibility index (Phi) is 29.3. The molecule has 0 aromatic heterocycles. The Labute approximate surface area is 753 Å². The molecule has 23 atom stereocenters. The van der Waals surface area contributed by atoms with Crippen molar-refractivity contribution in [3.05, 3.63) is 164 Å². The quantitative estimate of drug-likeness (QED) is 0.0497. The molecule has 44 heteroatoms. The molecular formula is C87H95Cl2N9O33. The fourth-order valence-corrected chi connectivity index (χ4v) is 16.9. The molecular weight excluding hydrogens is 1770 g/mol. The van der Waals surface area contributed by atoms with Crippen LogP contribution in [0.3, 0.4) is 0 Å². The molecule has 23 unspecified atom stereocenters. The maximum Gasteiger partial charge on any atom is 0.330 e. The number of carbonyl (C=O) groups is 9. The molecule has 0 aliphatic carbocycles. The fraction of sp³-hybridized carbons (Fsp3) is 0.414. The Balaban J connectivity index is 1.04. The molecule has 16 rings (SSSR count). The van der Waals surface area contributed by atoms with E-state index in [1.165, 1.54) is 36.4 Å². The maximum atomic E-state index is 17.0. The number of para-hydroxylation sites is 1. The number of nitrogens with one attached hydrogen (secondary N) is 8. The Hall–Kier alpha value is -12.1. The van der Waals surface area contributed by atoms with Crippen LogP contribution < -0.4 is 72.0 Å². The summed E-state index contributed by atoms with van der Waals surface area (Å²) in [6.45, 7) is -0.142. The first-order chi connectivity index (χ1) is 62.5. The number of phenols is 4. The first-order valence-electron chi connectivity index (χ1n) is 41.6. The predicted octanol–water partition coefficient (Wildman–Crippen LogP) is 0.774. The second-order valence-corrected chi connectivity index (χ2v) is 33.1. The molecule has 9 aliphatic heterocycles. The Morgan fingerprint density at radius 3 is 1.71 bits per heavy atom. The molecule has 0 spiro atoms. The zero-order chi connectivity index (χ0) is 94.0. The van der Waals surface area contributed by atoms with E-state index in [2.05, 4.69) is 42.5 Å². The second kappa shape index (κ2) is 40.4. The van der Waals surface area contributed by atoms with E-state index >= 15 is 24.0 Å². The number of aliphatic carboxylic acids is 1. The number of hydrogen-bond acceptors (Lipinski definition) is 33. The third kappa shape index (κ3) is 20.4. The summed E-state index contributed by atoms with van der Waals surface area (Å²) in [6, 6.07) is 0.686. The molecule has 7 aromatic rings. The van der Waals surface area contributed by atoms with Gasteiger partial charge in [0.15, 0.2) is 35.3 Å². The van der Waals surface area contributed by atoms with Gasteiger partial charge in [-0.25, -0.2) is 4.79 Å². The first kappa shape index (κ1) is 95.0. The highest BCUT2D eigenvalue weighted by molar-refractivity contribution is 6.32. The number of benzene rings is 7. The zero-order valence-corrected chi connectivity index (χ0v) is 70.9. The summed E-state index contributed by atoms with van der Waals surface area (Å²) >= 11 is 14.7. The van der Waals surface area contributed by atoms with Crippen LogP contribution in [0.4, 0.5) is 0 Å². The lowest BCUT2D eigenvalue weighted by atomic mass is 9.89. The minimum absolute atomic E-state index is 0.139. The number of amides is 8. The van der Waals surface area contributed by atoms with Gasteiger partial charge < -0.3 is 167 Å². The minimum atomic E-state index is -2.59. The molecule has 15 bridgehead atoms. The summed E-state index contributed by atoms with van der Waals surface area (Å²) in [5.41, 5.74) is 2.64. The van der Waals surface area contributed by atoms with Crippen LogP contribution in [0.2, 0.25) is 10.0 Å². The molecule has 3 saturated heterocycles. The predicted molar refractivity (Wildman–Crippen MR) is 449 cm³/mol. The van der Waals surface area contributed by atoms with Crippen LogP contribution in [0, 0.1) is 0 Å². The number of rotatable bonds is 19. The van der Waals surface area contributed by atoms with Crippen molar-refractivity contribution in [1.29, 1.82) is 0 Å². The van der Waals surface area contributed by atoms with Gasteiger partial charge in [-0.05, 0) is 107 Å². The summed E-state index contributed by atoms with van der Waals surface area (Å²) in [6.07, 6.45) is -24.9. The van der Waals surface area contributed by atoms with Crippen LogP contribution in [0.15, 0.2) is 115 Å². The summed E-state index contributed by atoms with van der Waals surface area (Å²) in [5.74, 6) is -19.8. The van der Waals surface area contributed by atoms with E-state index in [0.717, 1.165) is 111 Å². The van der Waals surface area contributed by atoms with Crippen molar-refractivity contribution in [2.24, 2.45) is 5.73 Å². The van der Waals surface area contributed by atoms with E-state index in [1.54, 1.807) is 0 Å². The number of aromatic hydroxyl groups is 4. The van der Waals surface area contributed by atoms with E-state index < -0.39 is 327 Å². The number of halogens is 2. The number of nitrogens with two attached hydrogens (primary N) is 1. The summed E-state index contributed by atoms with van der Waals surface area (Å²) < 4.78 is 57.5. The standard InChI is InChI=1S/C87H95Cl2N9O33/c1-3-4-5-6-7-8-12-58(107)93-66-72(112)69(109)56(31-100)128-86(66)131-77-53-25-38-26-54(77)125-51-18-15-36(24-46(51)89)75(130-85-65(91-33(2)102)71(111)68(108)55(30-99)127-85)67-83(120)97-64(84(121)122)44-28-40(104)29-52(126-87-74(114)73(113)70(110)57(32-101)129-87)59(44)43-23-35(14-16-48(43)105)61(80(117)98-67)95-82(119)63(38)96-81(118)62-37-21-39(103)27-41(22-37)123-76-42(10-9-11-49(76)106)60(90)79(116)92-47(78(115)94-62)20-34-13-17-50(124-53)45(88)19-34/h9-11,13-19,21-29,47,55-57,60-75,85-87,99-101,103-106,108-114H,3-8,12,20,30-32,90H2,1-2H3,(H,91,102)(H,92,116)(H,93,107)(H,94,115)(H,95,119)(H,96,118)(H,97,120)(H,98,117)(H,121,122). The van der Waals surface area contributed by atoms with Crippen LogP contribution in [0.5, 0.6) is 69.0 Å². The molecule has 25 N–H and O–H groups in total. The highest BCUT2D eigenvalue weighted by atomic mass is 35.5. The number of phenolic OH excluding ortho intramolecular Hbond substituents is 4. The lowest BCUT2D eigenvalue weighted by Crippen LogP contribution is -2.65. The number of fused-ring (bicyclic) bond motifs is 13. The Morgan fingerprint density at radius 1 is 0.504 bits per heavy atom. The molecule has 42 nitrogen and oxygen atoms in total. The molecule has 131 heavy (non-hydrogen) atoms. The summed E-state index contributed by atoms with van der Waals surface area (Å²) in [4.78, 5) is 138. The summed E-state index contributed by atoms with van der Waals surface area (Å²) in [7, 11) is 0. The monoisotopic (exact) mass is 1860 g/mol. The second-order valence-electron chi connectivity index (χ2n) is 32.3. The molecule has 9 aliphatic rings. The average molecular weight is 1870 g/mol. The average Bonchev–Trinajstić information content (AvgIpc) is 0.846. The van der Waals surface area contributed by atoms with Crippen molar-refractivity contribution >= 4 is 76.4 Å². The number of carboxylic acid groups (broad SMARTS) is 1. The number of aliphatic hydroxyl groups excluding tert-OH is 10. The SMILES string of the molecule is CCCCCCCCC(=O)NC1C(Oc2c3cc4cc2Oc2ccc(cc2Cl)C(OC2OC(CO)C(O)C(O)C2NC(C)=O)C2NC(=O)C(NC(=O)C4NC(=O)C4NC(=O)C(Cc5ccc(c(Cl)c5)O3)NC(=O)C(N)c3cccc(O)c3Oc3cc(O)cc4c3)c3ccc(O)c(c3)-c3c(OC4OC(CO)C(O)C(O)C4O)cc(O)cc3C(C(=O)O)NC2=O)OC(CO)C(O)C1O. The minimum Gasteiger partial charge on any atom is -0.508 e. The van der Waals surface area contributed by atoms with Crippen LogP contribution in [-0.2, 0) is 68.5 Å². The van der Waals surface area contributed by atoms with E-state index in [1.807, 2.05) is 6.92 Å². The van der Waals surface area contributed by atoms with Crippen LogP contribution >= 0.6 is 23.2 Å². The molecule has 700 valence electrons. The van der Waals surface area contributed by atoms with Gasteiger partial charge in [-0.15, -0.1) is 0 Å². The molecule has 3 fully saturated rings. The smallest absolute Gasteiger partial charge is 0.330 e. The number of carbonyl (C=O) groups excluding carboxylic acids is 8. The van der Waals surface area contributed by atoms with Crippen LogP contribution in [-0.4, -0.2) is 254 Å². The highest BCUT2D eigenvalue weighted by Gasteiger charge is 2.52. The Bertz CT molecular complexity index is 5520. The van der Waals surface area contributed by atoms with Crippen LogP contribution in [0.25, 0.3) is 11.1 Å². The van der Waals surface area contributed by atoms with Gasteiger partial charge in [0.2, 0.25) is 65.6 Å². The zero-order valence-electron chi connectivity index (χ0n) is 69.4.